The fraction of sp³-hybridized carbons (Fsp3) is 0.188. The molecule has 0 aromatic heterocycles. The van der Waals surface area contributed by atoms with E-state index in [1.165, 1.54) is 7.11 Å². The molecule has 2 aromatic carbocycles. The highest BCUT2D eigenvalue weighted by molar-refractivity contribution is 7.93. The van der Waals surface area contributed by atoms with Gasteiger partial charge in [0.25, 0.3) is 10.0 Å². The first-order chi connectivity index (χ1) is 11.0. The van der Waals surface area contributed by atoms with Crippen LogP contribution in [-0.2, 0) is 14.8 Å². The Morgan fingerprint density at radius 3 is 2.48 bits per heavy atom. The molecule has 0 radical (unpaired) electrons. The Morgan fingerprint density at radius 1 is 1.17 bits per heavy atom. The standard InChI is InChI=1S/C16H15NO5S/c1-22-14-9-5-8-12-13(10-15(18)19)17(23(20,21)16(12)14)11-6-3-2-4-7-11/h2-9,13H,10H2,1H3,(H,18,19). The fourth-order valence-electron chi connectivity index (χ4n) is 2.88. The average molecular weight is 333 g/mol. The van der Waals surface area contributed by atoms with E-state index in [1.807, 2.05) is 0 Å². The van der Waals surface area contributed by atoms with Gasteiger partial charge in [0.05, 0.1) is 25.3 Å². The number of nitrogens with zero attached hydrogens (tertiary/aromatic N) is 1. The van der Waals surface area contributed by atoms with Crippen LogP contribution in [-0.4, -0.2) is 26.6 Å². The summed E-state index contributed by atoms with van der Waals surface area (Å²) in [5, 5.41) is 9.21. The molecule has 1 unspecified atom stereocenters. The van der Waals surface area contributed by atoms with E-state index in [9.17, 15) is 18.3 Å². The molecule has 120 valence electrons. The predicted molar refractivity (Wildman–Crippen MR) is 84.1 cm³/mol. The number of anilines is 1. The van der Waals surface area contributed by atoms with Crippen LogP contribution in [0.4, 0.5) is 5.69 Å². The Kier molecular flexibility index (Phi) is 3.73. The van der Waals surface area contributed by atoms with E-state index < -0.39 is 22.0 Å². The topological polar surface area (TPSA) is 83.9 Å². The molecule has 0 spiro atoms. The van der Waals surface area contributed by atoms with Crippen molar-refractivity contribution in [2.75, 3.05) is 11.4 Å². The van der Waals surface area contributed by atoms with E-state index in [4.69, 9.17) is 4.74 Å². The number of methoxy groups -OCH3 is 1. The third-order valence-corrected chi connectivity index (χ3v) is 5.70. The Morgan fingerprint density at radius 2 is 1.87 bits per heavy atom. The summed E-state index contributed by atoms with van der Waals surface area (Å²) in [4.78, 5) is 11.3. The van der Waals surface area contributed by atoms with Crippen molar-refractivity contribution in [1.29, 1.82) is 0 Å². The van der Waals surface area contributed by atoms with E-state index in [-0.39, 0.29) is 17.1 Å². The molecule has 1 N–H and O–H groups in total. The number of carboxylic acid groups (broad SMARTS) is 1. The molecule has 0 aliphatic carbocycles. The van der Waals surface area contributed by atoms with E-state index in [0.29, 0.717) is 11.3 Å². The lowest BCUT2D eigenvalue weighted by Crippen LogP contribution is -2.29. The molecule has 0 fully saturated rings. The number of hydrogen-bond donors (Lipinski definition) is 1. The van der Waals surface area contributed by atoms with Gasteiger partial charge in [-0.05, 0) is 18.2 Å². The molecule has 0 amide bonds. The van der Waals surface area contributed by atoms with Crippen LogP contribution in [0, 0.1) is 0 Å². The number of rotatable bonds is 4. The molecule has 0 saturated carbocycles. The average Bonchev–Trinajstić information content (AvgIpc) is 2.75. The van der Waals surface area contributed by atoms with Crippen molar-refractivity contribution in [2.24, 2.45) is 0 Å². The highest BCUT2D eigenvalue weighted by atomic mass is 32.2. The summed E-state index contributed by atoms with van der Waals surface area (Å²) < 4.78 is 32.4. The molecule has 1 atom stereocenters. The second-order valence-electron chi connectivity index (χ2n) is 5.13. The van der Waals surface area contributed by atoms with E-state index >= 15 is 0 Å². The number of carboxylic acids is 1. The Labute approximate surface area is 134 Å². The molecular weight excluding hydrogens is 318 g/mol. The first-order valence-corrected chi connectivity index (χ1v) is 8.39. The van der Waals surface area contributed by atoms with Crippen LogP contribution >= 0.6 is 0 Å². The summed E-state index contributed by atoms with van der Waals surface area (Å²) in [5.41, 5.74) is 0.868. The Balaban J connectivity index is 2.26. The van der Waals surface area contributed by atoms with Crippen LogP contribution in [0.25, 0.3) is 0 Å². The van der Waals surface area contributed by atoms with Gasteiger partial charge in [0.1, 0.15) is 10.6 Å². The number of hydrogen-bond acceptors (Lipinski definition) is 4. The first-order valence-electron chi connectivity index (χ1n) is 6.95. The number of carbonyl (C=O) groups is 1. The Bertz CT molecular complexity index is 848. The van der Waals surface area contributed by atoms with Gasteiger partial charge in [0.15, 0.2) is 0 Å². The lowest BCUT2D eigenvalue weighted by atomic mass is 10.0. The summed E-state index contributed by atoms with van der Waals surface area (Å²) in [6, 6.07) is 12.5. The van der Waals surface area contributed by atoms with Crippen molar-refractivity contribution in [3.05, 3.63) is 54.1 Å². The lowest BCUT2D eigenvalue weighted by Gasteiger charge is -2.24. The van der Waals surface area contributed by atoms with Crippen LogP contribution in [0.3, 0.4) is 0 Å². The number of ether oxygens (including phenoxy) is 1. The molecule has 23 heavy (non-hydrogen) atoms. The highest BCUT2D eigenvalue weighted by Crippen LogP contribution is 2.47. The zero-order valence-corrected chi connectivity index (χ0v) is 13.2. The molecule has 1 aliphatic rings. The van der Waals surface area contributed by atoms with E-state index in [1.54, 1.807) is 48.5 Å². The SMILES string of the molecule is COc1cccc2c1S(=O)(=O)N(c1ccccc1)C2CC(=O)O. The van der Waals surface area contributed by atoms with Gasteiger partial charge in [-0.1, -0.05) is 30.3 Å². The van der Waals surface area contributed by atoms with Crippen LogP contribution in [0.5, 0.6) is 5.75 Å². The minimum Gasteiger partial charge on any atom is -0.495 e. The molecule has 1 heterocycles. The third-order valence-electron chi connectivity index (χ3n) is 3.77. The van der Waals surface area contributed by atoms with Gasteiger partial charge in [-0.15, -0.1) is 0 Å². The number of para-hydroxylation sites is 1. The number of sulfonamides is 1. The largest absolute Gasteiger partial charge is 0.495 e. The number of fused-ring (bicyclic) bond motifs is 1. The molecule has 6 nitrogen and oxygen atoms in total. The second kappa shape index (κ2) is 5.58. The summed E-state index contributed by atoms with van der Waals surface area (Å²) in [6.45, 7) is 0. The number of benzene rings is 2. The van der Waals surface area contributed by atoms with E-state index in [0.717, 1.165) is 4.31 Å². The summed E-state index contributed by atoms with van der Waals surface area (Å²) >= 11 is 0. The molecule has 1 aliphatic heterocycles. The molecule has 7 heteroatoms. The first kappa shape index (κ1) is 15.4. The van der Waals surface area contributed by atoms with Crippen molar-refractivity contribution in [3.63, 3.8) is 0 Å². The van der Waals surface area contributed by atoms with Crippen LogP contribution < -0.4 is 9.04 Å². The van der Waals surface area contributed by atoms with Crippen LogP contribution in [0.1, 0.15) is 18.0 Å². The minimum atomic E-state index is -3.89. The van der Waals surface area contributed by atoms with Crippen molar-refractivity contribution >= 4 is 21.7 Å². The minimum absolute atomic E-state index is 0.0394. The molecule has 3 rings (SSSR count). The summed E-state index contributed by atoms with van der Waals surface area (Å²) in [6.07, 6.45) is -0.325. The highest BCUT2D eigenvalue weighted by Gasteiger charge is 2.45. The molecule has 0 saturated heterocycles. The van der Waals surface area contributed by atoms with Gasteiger partial charge in [-0.3, -0.25) is 9.10 Å². The molecule has 0 bridgehead atoms. The molecule has 2 aromatic rings. The van der Waals surface area contributed by atoms with Gasteiger partial charge < -0.3 is 9.84 Å². The lowest BCUT2D eigenvalue weighted by molar-refractivity contribution is -0.137. The fourth-order valence-corrected chi connectivity index (χ4v) is 4.90. The van der Waals surface area contributed by atoms with Gasteiger partial charge in [0.2, 0.25) is 0 Å². The van der Waals surface area contributed by atoms with Gasteiger partial charge in [-0.2, -0.15) is 0 Å². The maximum Gasteiger partial charge on any atom is 0.305 e. The van der Waals surface area contributed by atoms with Crippen molar-refractivity contribution < 1.29 is 23.1 Å². The zero-order chi connectivity index (χ0) is 16.6. The van der Waals surface area contributed by atoms with Crippen molar-refractivity contribution in [1.82, 2.24) is 0 Å². The molecular formula is C16H15NO5S. The summed E-state index contributed by atoms with van der Waals surface area (Å²) in [5.74, 6) is -0.849. The Hall–Kier alpha value is -2.54. The second-order valence-corrected chi connectivity index (χ2v) is 6.88. The van der Waals surface area contributed by atoms with Gasteiger partial charge in [-0.25, -0.2) is 8.42 Å². The van der Waals surface area contributed by atoms with Crippen molar-refractivity contribution in [2.45, 2.75) is 17.4 Å². The van der Waals surface area contributed by atoms with Gasteiger partial charge in [0, 0.05) is 5.56 Å². The maximum atomic E-state index is 13.0. The third kappa shape index (κ3) is 2.43. The quantitative estimate of drug-likeness (QED) is 0.929. The maximum absolute atomic E-state index is 13.0. The zero-order valence-electron chi connectivity index (χ0n) is 12.3. The smallest absolute Gasteiger partial charge is 0.305 e. The van der Waals surface area contributed by atoms with E-state index in [2.05, 4.69) is 0 Å². The summed E-state index contributed by atoms with van der Waals surface area (Å²) in [7, 11) is -2.50. The van der Waals surface area contributed by atoms with Crippen molar-refractivity contribution in [3.8, 4) is 5.75 Å². The van der Waals surface area contributed by atoms with Gasteiger partial charge >= 0.3 is 5.97 Å². The number of aliphatic carboxylic acids is 1. The van der Waals surface area contributed by atoms with Crippen LogP contribution in [0.15, 0.2) is 53.4 Å². The van der Waals surface area contributed by atoms with Crippen LogP contribution in [0.2, 0.25) is 0 Å². The predicted octanol–water partition coefficient (Wildman–Crippen LogP) is 2.42. The normalized spacial score (nSPS) is 18.5. The monoisotopic (exact) mass is 333 g/mol.